The SMILES string of the molecule is Cc1cccc(S(=O)(=O)NC[C@@H](c2ccc(N(C)C)cc2)N(C)C)c1C. The number of aryl methyl sites for hydroxylation is 1. The molecule has 0 radical (unpaired) electrons. The molecular weight excluding hydrogens is 346 g/mol. The molecule has 0 saturated heterocycles. The third-order valence-corrected chi connectivity index (χ3v) is 6.30. The highest BCUT2D eigenvalue weighted by Crippen LogP contribution is 2.23. The van der Waals surface area contributed by atoms with Gasteiger partial charge in [0.2, 0.25) is 10.0 Å². The summed E-state index contributed by atoms with van der Waals surface area (Å²) in [5, 5.41) is 0. The second-order valence-corrected chi connectivity index (χ2v) is 8.75. The summed E-state index contributed by atoms with van der Waals surface area (Å²) in [5.41, 5.74) is 3.94. The van der Waals surface area contributed by atoms with Gasteiger partial charge >= 0.3 is 0 Å². The second-order valence-electron chi connectivity index (χ2n) is 7.02. The molecule has 0 amide bonds. The van der Waals surface area contributed by atoms with Gasteiger partial charge in [0, 0.05) is 32.4 Å². The molecule has 2 aromatic carbocycles. The Kier molecular flexibility index (Phi) is 6.44. The number of hydrogen-bond donors (Lipinski definition) is 1. The van der Waals surface area contributed by atoms with Crippen LogP contribution in [-0.4, -0.2) is 48.1 Å². The molecule has 1 N–H and O–H groups in total. The van der Waals surface area contributed by atoms with Crippen molar-refractivity contribution in [1.29, 1.82) is 0 Å². The summed E-state index contributed by atoms with van der Waals surface area (Å²) < 4.78 is 28.3. The first-order valence-electron chi connectivity index (χ1n) is 8.63. The van der Waals surface area contributed by atoms with Gasteiger partial charge in [-0.3, -0.25) is 0 Å². The zero-order valence-corrected chi connectivity index (χ0v) is 17.3. The second kappa shape index (κ2) is 8.20. The summed E-state index contributed by atoms with van der Waals surface area (Å²) >= 11 is 0. The van der Waals surface area contributed by atoms with Gasteiger partial charge in [0.15, 0.2) is 0 Å². The van der Waals surface area contributed by atoms with E-state index in [1.165, 1.54) is 0 Å². The van der Waals surface area contributed by atoms with E-state index in [-0.39, 0.29) is 6.04 Å². The van der Waals surface area contributed by atoms with Crippen LogP contribution in [-0.2, 0) is 10.0 Å². The average molecular weight is 376 g/mol. The van der Waals surface area contributed by atoms with Gasteiger partial charge in [-0.15, -0.1) is 0 Å². The Morgan fingerprint density at radius 1 is 0.962 bits per heavy atom. The van der Waals surface area contributed by atoms with Crippen molar-refractivity contribution in [3.05, 3.63) is 59.2 Å². The summed E-state index contributed by atoms with van der Waals surface area (Å²) in [4.78, 5) is 4.41. The number of rotatable bonds is 7. The normalized spacial score (nSPS) is 13.0. The van der Waals surface area contributed by atoms with Crippen molar-refractivity contribution in [3.8, 4) is 0 Å². The molecule has 0 unspecified atom stereocenters. The minimum atomic E-state index is -3.56. The van der Waals surface area contributed by atoms with Gasteiger partial charge in [-0.1, -0.05) is 24.3 Å². The Hall–Kier alpha value is -1.89. The van der Waals surface area contributed by atoms with Crippen molar-refractivity contribution < 1.29 is 8.42 Å². The van der Waals surface area contributed by atoms with Crippen LogP contribution < -0.4 is 9.62 Å². The molecule has 1 atom stereocenters. The number of benzene rings is 2. The van der Waals surface area contributed by atoms with Gasteiger partial charge < -0.3 is 9.80 Å². The van der Waals surface area contributed by atoms with Gasteiger partial charge in [0.25, 0.3) is 0 Å². The topological polar surface area (TPSA) is 52.7 Å². The first-order chi connectivity index (χ1) is 12.1. The highest BCUT2D eigenvalue weighted by atomic mass is 32.2. The molecule has 0 bridgehead atoms. The molecule has 0 aliphatic rings. The first-order valence-corrected chi connectivity index (χ1v) is 10.1. The van der Waals surface area contributed by atoms with E-state index in [1.54, 1.807) is 12.1 Å². The molecule has 0 aromatic heterocycles. The van der Waals surface area contributed by atoms with Gasteiger partial charge in [0.1, 0.15) is 0 Å². The van der Waals surface area contributed by atoms with Crippen LogP contribution in [0.1, 0.15) is 22.7 Å². The molecule has 2 aromatic rings. The van der Waals surface area contributed by atoms with Crippen LogP contribution in [0.25, 0.3) is 0 Å². The van der Waals surface area contributed by atoms with Crippen molar-refractivity contribution in [2.24, 2.45) is 0 Å². The van der Waals surface area contributed by atoms with Crippen molar-refractivity contribution in [1.82, 2.24) is 9.62 Å². The molecule has 2 rings (SSSR count). The Morgan fingerprint density at radius 3 is 2.12 bits per heavy atom. The molecule has 0 aliphatic heterocycles. The van der Waals surface area contributed by atoms with Crippen LogP contribution in [0.3, 0.4) is 0 Å². The number of hydrogen-bond acceptors (Lipinski definition) is 4. The van der Waals surface area contributed by atoms with Crippen LogP contribution in [0.2, 0.25) is 0 Å². The van der Waals surface area contributed by atoms with Crippen molar-refractivity contribution in [3.63, 3.8) is 0 Å². The van der Waals surface area contributed by atoms with Crippen LogP contribution in [0.5, 0.6) is 0 Å². The summed E-state index contributed by atoms with van der Waals surface area (Å²) in [5.74, 6) is 0. The van der Waals surface area contributed by atoms with Gasteiger partial charge in [-0.2, -0.15) is 0 Å². The van der Waals surface area contributed by atoms with Gasteiger partial charge in [-0.25, -0.2) is 13.1 Å². The first kappa shape index (κ1) is 20.4. The summed E-state index contributed by atoms with van der Waals surface area (Å²) in [6.45, 7) is 4.07. The maximum Gasteiger partial charge on any atom is 0.240 e. The zero-order chi connectivity index (χ0) is 19.5. The minimum absolute atomic E-state index is 0.0499. The Bertz CT molecular complexity index is 844. The molecule has 6 heteroatoms. The largest absolute Gasteiger partial charge is 0.378 e. The Labute approximate surface area is 157 Å². The highest BCUT2D eigenvalue weighted by Gasteiger charge is 2.21. The maximum atomic E-state index is 12.8. The number of nitrogens with zero attached hydrogens (tertiary/aromatic N) is 2. The van der Waals surface area contributed by atoms with E-state index in [1.807, 2.05) is 82.2 Å². The van der Waals surface area contributed by atoms with Gasteiger partial charge in [0.05, 0.1) is 4.90 Å². The standard InChI is InChI=1S/C20H29N3O2S/c1-15-8-7-9-20(16(15)2)26(24,25)21-14-19(23(5)6)17-10-12-18(13-11-17)22(3)4/h7-13,19,21H,14H2,1-6H3/t19-/m0/s1. The fourth-order valence-electron chi connectivity index (χ4n) is 2.87. The molecule has 0 saturated carbocycles. The maximum absolute atomic E-state index is 12.8. The predicted octanol–water partition coefficient (Wildman–Crippen LogP) is 2.95. The zero-order valence-electron chi connectivity index (χ0n) is 16.4. The molecule has 0 heterocycles. The third kappa shape index (κ3) is 4.63. The van der Waals surface area contributed by atoms with Crippen LogP contribution in [0.15, 0.2) is 47.4 Å². The molecule has 5 nitrogen and oxygen atoms in total. The Balaban J connectivity index is 2.21. The lowest BCUT2D eigenvalue weighted by Crippen LogP contribution is -2.34. The average Bonchev–Trinajstić information content (AvgIpc) is 2.57. The van der Waals surface area contributed by atoms with Crippen molar-refractivity contribution >= 4 is 15.7 Å². The lowest BCUT2D eigenvalue weighted by atomic mass is 10.1. The molecule has 0 spiro atoms. The van der Waals surface area contributed by atoms with E-state index in [2.05, 4.69) is 4.72 Å². The number of likely N-dealkylation sites (N-methyl/N-ethyl adjacent to an activating group) is 1. The smallest absolute Gasteiger partial charge is 0.240 e. The minimum Gasteiger partial charge on any atom is -0.378 e. The van der Waals surface area contributed by atoms with E-state index < -0.39 is 10.0 Å². The molecule has 142 valence electrons. The number of anilines is 1. The fourth-order valence-corrected chi connectivity index (χ4v) is 4.23. The van der Waals surface area contributed by atoms with Crippen molar-refractivity contribution in [2.45, 2.75) is 24.8 Å². The van der Waals surface area contributed by atoms with E-state index >= 15 is 0 Å². The van der Waals surface area contributed by atoms with Crippen LogP contribution in [0.4, 0.5) is 5.69 Å². The molecule has 26 heavy (non-hydrogen) atoms. The number of nitrogens with one attached hydrogen (secondary N) is 1. The summed E-state index contributed by atoms with van der Waals surface area (Å²) in [6, 6.07) is 13.5. The third-order valence-electron chi connectivity index (χ3n) is 4.73. The molecular formula is C20H29N3O2S. The van der Waals surface area contributed by atoms with E-state index in [0.29, 0.717) is 11.4 Å². The lowest BCUT2D eigenvalue weighted by Gasteiger charge is -2.26. The fraction of sp³-hybridized carbons (Fsp3) is 0.400. The lowest BCUT2D eigenvalue weighted by molar-refractivity contribution is 0.299. The Morgan fingerprint density at radius 2 is 1.58 bits per heavy atom. The van der Waals surface area contributed by atoms with Crippen LogP contribution in [0, 0.1) is 13.8 Å². The van der Waals surface area contributed by atoms with Gasteiger partial charge in [-0.05, 0) is 62.8 Å². The summed E-state index contributed by atoms with van der Waals surface area (Å²) in [7, 11) is 4.35. The monoisotopic (exact) mass is 375 g/mol. The van der Waals surface area contributed by atoms with E-state index in [9.17, 15) is 8.42 Å². The predicted molar refractivity (Wildman–Crippen MR) is 108 cm³/mol. The van der Waals surface area contributed by atoms with Crippen LogP contribution >= 0.6 is 0 Å². The van der Waals surface area contributed by atoms with E-state index in [0.717, 1.165) is 22.4 Å². The molecule has 0 aliphatic carbocycles. The highest BCUT2D eigenvalue weighted by molar-refractivity contribution is 7.89. The quantitative estimate of drug-likeness (QED) is 0.808. The summed E-state index contributed by atoms with van der Waals surface area (Å²) in [6.07, 6.45) is 0. The number of sulfonamides is 1. The van der Waals surface area contributed by atoms with Crippen molar-refractivity contribution in [2.75, 3.05) is 39.6 Å². The van der Waals surface area contributed by atoms with E-state index in [4.69, 9.17) is 0 Å². The molecule has 0 fully saturated rings.